The van der Waals surface area contributed by atoms with Crippen LogP contribution in [-0.4, -0.2) is 61.5 Å². The summed E-state index contributed by atoms with van der Waals surface area (Å²) < 4.78 is 10.7. The van der Waals surface area contributed by atoms with Gasteiger partial charge in [0.15, 0.2) is 0 Å². The molecule has 2 amide bonds. The molecule has 1 heterocycles. The first-order chi connectivity index (χ1) is 16.0. The second kappa shape index (κ2) is 8.73. The molecule has 2 aliphatic carbocycles. The van der Waals surface area contributed by atoms with E-state index in [-0.39, 0.29) is 41.5 Å². The van der Waals surface area contributed by atoms with E-state index in [2.05, 4.69) is 19.1 Å². The Morgan fingerprint density at radius 3 is 1.88 bits per heavy atom. The smallest absolute Gasteiger partial charge is 0.226 e. The van der Waals surface area contributed by atoms with Crippen molar-refractivity contribution < 1.29 is 19.1 Å². The fourth-order valence-corrected chi connectivity index (χ4v) is 5.35. The zero-order chi connectivity index (χ0) is 23.1. The van der Waals surface area contributed by atoms with Gasteiger partial charge in [-0.25, -0.2) is 0 Å². The van der Waals surface area contributed by atoms with Crippen molar-refractivity contribution in [2.75, 3.05) is 33.9 Å². The first-order valence-electron chi connectivity index (χ1n) is 11.9. The minimum atomic E-state index is 0.0378. The van der Waals surface area contributed by atoms with Crippen molar-refractivity contribution in [1.82, 2.24) is 9.80 Å². The predicted molar refractivity (Wildman–Crippen MR) is 125 cm³/mol. The molecule has 1 saturated heterocycles. The number of carbonyl (C=O) groups excluding carboxylic acids is 2. The lowest BCUT2D eigenvalue weighted by molar-refractivity contribution is -0.144. The zero-order valence-electron chi connectivity index (χ0n) is 19.6. The Labute approximate surface area is 195 Å². The van der Waals surface area contributed by atoms with Gasteiger partial charge < -0.3 is 19.3 Å². The van der Waals surface area contributed by atoms with Crippen LogP contribution in [0.25, 0.3) is 0 Å². The van der Waals surface area contributed by atoms with E-state index < -0.39 is 0 Å². The van der Waals surface area contributed by atoms with E-state index >= 15 is 0 Å². The lowest BCUT2D eigenvalue weighted by atomic mass is 10.1. The zero-order valence-corrected chi connectivity index (χ0v) is 19.6. The number of amides is 2. The van der Waals surface area contributed by atoms with E-state index in [4.69, 9.17) is 9.47 Å². The minimum absolute atomic E-state index is 0.0378. The SMILES string of the molecule is COc1cccc(C2CC2C(=O)N2CCN(C(=O)C3CC3c3cccc(OC)c3)[C@@H](C)C2)c1. The maximum atomic E-state index is 13.2. The number of rotatable bonds is 6. The van der Waals surface area contributed by atoms with Crippen molar-refractivity contribution in [3.63, 3.8) is 0 Å². The molecule has 5 atom stereocenters. The summed E-state index contributed by atoms with van der Waals surface area (Å²) in [6.07, 6.45) is 1.78. The highest BCUT2D eigenvalue weighted by molar-refractivity contribution is 5.85. The van der Waals surface area contributed by atoms with Crippen molar-refractivity contribution in [3.05, 3.63) is 59.7 Å². The summed E-state index contributed by atoms with van der Waals surface area (Å²) in [5.41, 5.74) is 2.35. The van der Waals surface area contributed by atoms with Crippen LogP contribution in [-0.2, 0) is 9.59 Å². The molecule has 2 saturated carbocycles. The van der Waals surface area contributed by atoms with Gasteiger partial charge in [0.1, 0.15) is 11.5 Å². The summed E-state index contributed by atoms with van der Waals surface area (Å²) in [4.78, 5) is 30.3. The quantitative estimate of drug-likeness (QED) is 0.677. The van der Waals surface area contributed by atoms with Crippen LogP contribution in [0.15, 0.2) is 48.5 Å². The Morgan fingerprint density at radius 2 is 1.36 bits per heavy atom. The number of hydrogen-bond donors (Lipinski definition) is 0. The van der Waals surface area contributed by atoms with Crippen LogP contribution in [0.5, 0.6) is 11.5 Å². The largest absolute Gasteiger partial charge is 0.497 e. The molecule has 0 aromatic heterocycles. The normalized spacial score (nSPS) is 28.3. The van der Waals surface area contributed by atoms with Crippen LogP contribution in [0.1, 0.15) is 42.7 Å². The van der Waals surface area contributed by atoms with Crippen molar-refractivity contribution in [2.45, 2.75) is 37.6 Å². The summed E-state index contributed by atoms with van der Waals surface area (Å²) in [6.45, 7) is 3.91. The fraction of sp³-hybridized carbons (Fsp3) is 0.481. The number of benzene rings is 2. The summed E-state index contributed by atoms with van der Waals surface area (Å²) in [5.74, 6) is 2.75. The Balaban J connectivity index is 1.16. The molecule has 0 spiro atoms. The Hall–Kier alpha value is -3.02. The van der Waals surface area contributed by atoms with Gasteiger partial charge in [0.2, 0.25) is 11.8 Å². The summed E-state index contributed by atoms with van der Waals surface area (Å²) in [6, 6.07) is 16.1. The first-order valence-corrected chi connectivity index (χ1v) is 11.9. The van der Waals surface area contributed by atoms with Crippen LogP contribution in [0, 0.1) is 11.8 Å². The molecule has 33 heavy (non-hydrogen) atoms. The van der Waals surface area contributed by atoms with E-state index in [1.165, 1.54) is 11.1 Å². The van der Waals surface area contributed by atoms with Gasteiger partial charge in [-0.05, 0) is 67.0 Å². The van der Waals surface area contributed by atoms with Gasteiger partial charge >= 0.3 is 0 Å². The topological polar surface area (TPSA) is 59.1 Å². The van der Waals surface area contributed by atoms with Crippen LogP contribution in [0.4, 0.5) is 0 Å². The second-order valence-electron chi connectivity index (χ2n) is 9.62. The predicted octanol–water partition coefficient (Wildman–Crippen LogP) is 3.67. The van der Waals surface area contributed by atoms with Gasteiger partial charge in [0.25, 0.3) is 0 Å². The highest BCUT2D eigenvalue weighted by Crippen LogP contribution is 2.50. The van der Waals surface area contributed by atoms with E-state index in [9.17, 15) is 9.59 Å². The van der Waals surface area contributed by atoms with Crippen LogP contribution in [0.2, 0.25) is 0 Å². The summed E-state index contributed by atoms with van der Waals surface area (Å²) >= 11 is 0. The number of methoxy groups -OCH3 is 2. The maximum Gasteiger partial charge on any atom is 0.226 e. The minimum Gasteiger partial charge on any atom is -0.497 e. The standard InChI is InChI=1S/C27H32N2O4/c1-17-16-28(26(30)24-14-22(24)18-6-4-8-20(12-18)32-2)10-11-29(17)27(31)25-15-23(25)19-7-5-9-21(13-19)33-3/h4-9,12-13,17,22-25H,10-11,14-16H2,1-3H3/t17-,22?,23?,24?,25?/m0/s1. The second-order valence-corrected chi connectivity index (χ2v) is 9.62. The van der Waals surface area contributed by atoms with Crippen LogP contribution >= 0.6 is 0 Å². The van der Waals surface area contributed by atoms with E-state index in [1.54, 1.807) is 14.2 Å². The number of nitrogens with zero attached hydrogens (tertiary/aromatic N) is 2. The van der Waals surface area contributed by atoms with E-state index in [0.717, 1.165) is 24.3 Å². The van der Waals surface area contributed by atoms with Gasteiger partial charge in [-0.3, -0.25) is 9.59 Å². The molecule has 4 unspecified atom stereocenters. The molecule has 3 aliphatic rings. The lowest BCUT2D eigenvalue weighted by Crippen LogP contribution is -2.56. The van der Waals surface area contributed by atoms with E-state index in [0.29, 0.717) is 19.6 Å². The van der Waals surface area contributed by atoms with Gasteiger partial charge in [-0.1, -0.05) is 24.3 Å². The molecule has 1 aliphatic heterocycles. The summed E-state index contributed by atoms with van der Waals surface area (Å²) in [5, 5.41) is 0. The maximum absolute atomic E-state index is 13.2. The molecule has 3 fully saturated rings. The number of ether oxygens (including phenoxy) is 2. The van der Waals surface area contributed by atoms with Crippen LogP contribution in [0.3, 0.4) is 0 Å². The number of carbonyl (C=O) groups is 2. The molecular formula is C27H32N2O4. The molecular weight excluding hydrogens is 416 g/mol. The highest BCUT2D eigenvalue weighted by atomic mass is 16.5. The van der Waals surface area contributed by atoms with Crippen molar-refractivity contribution in [2.24, 2.45) is 11.8 Å². The van der Waals surface area contributed by atoms with Crippen molar-refractivity contribution in [3.8, 4) is 11.5 Å². The molecule has 6 heteroatoms. The highest BCUT2D eigenvalue weighted by Gasteiger charge is 2.49. The average molecular weight is 449 g/mol. The molecule has 2 aromatic carbocycles. The first kappa shape index (κ1) is 21.8. The average Bonchev–Trinajstić information content (AvgIpc) is 3.77. The van der Waals surface area contributed by atoms with Gasteiger partial charge in [0.05, 0.1) is 14.2 Å². The number of hydrogen-bond acceptors (Lipinski definition) is 4. The molecule has 2 aromatic rings. The molecule has 0 N–H and O–H groups in total. The van der Waals surface area contributed by atoms with Gasteiger partial charge in [0, 0.05) is 37.5 Å². The third kappa shape index (κ3) is 4.31. The molecule has 174 valence electrons. The van der Waals surface area contributed by atoms with Crippen molar-refractivity contribution >= 4 is 11.8 Å². The molecule has 0 radical (unpaired) electrons. The summed E-state index contributed by atoms with van der Waals surface area (Å²) in [7, 11) is 3.33. The number of piperazine rings is 1. The molecule has 5 rings (SSSR count). The van der Waals surface area contributed by atoms with Gasteiger partial charge in [-0.15, -0.1) is 0 Å². The monoisotopic (exact) mass is 448 g/mol. The molecule has 0 bridgehead atoms. The lowest BCUT2D eigenvalue weighted by Gasteiger charge is -2.40. The van der Waals surface area contributed by atoms with Crippen molar-refractivity contribution in [1.29, 1.82) is 0 Å². The third-order valence-corrected chi connectivity index (χ3v) is 7.48. The van der Waals surface area contributed by atoms with E-state index in [1.807, 2.05) is 46.2 Å². The van der Waals surface area contributed by atoms with Crippen LogP contribution < -0.4 is 9.47 Å². The Bertz CT molecular complexity index is 1050. The Morgan fingerprint density at radius 1 is 0.818 bits per heavy atom. The third-order valence-electron chi connectivity index (χ3n) is 7.48. The van der Waals surface area contributed by atoms with Gasteiger partial charge in [-0.2, -0.15) is 0 Å². The Kier molecular flexibility index (Phi) is 5.77. The fourth-order valence-electron chi connectivity index (χ4n) is 5.35. The molecule has 6 nitrogen and oxygen atoms in total.